The Hall–Kier alpha value is -1.14. The average molecular weight is 256 g/mol. The van der Waals surface area contributed by atoms with Gasteiger partial charge >= 0.3 is 5.97 Å². The predicted molar refractivity (Wildman–Crippen MR) is 63.9 cm³/mol. The van der Waals surface area contributed by atoms with Crippen LogP contribution in [0.15, 0.2) is 0 Å². The Morgan fingerprint density at radius 2 is 2.11 bits per heavy atom. The maximum absolute atomic E-state index is 12.4. The molecule has 0 aliphatic carbocycles. The van der Waals surface area contributed by atoms with E-state index < -0.39 is 18.1 Å². The van der Waals surface area contributed by atoms with Crippen LogP contribution in [-0.4, -0.2) is 58.3 Å². The predicted octanol–water partition coefficient (Wildman–Crippen LogP) is -0.579. The molecule has 2 fully saturated rings. The second kappa shape index (κ2) is 5.24. The Labute approximate surface area is 106 Å². The highest BCUT2D eigenvalue weighted by molar-refractivity contribution is 5.88. The van der Waals surface area contributed by atoms with Crippen LogP contribution in [0, 0.1) is 5.92 Å². The van der Waals surface area contributed by atoms with Crippen molar-refractivity contribution in [2.45, 2.75) is 44.4 Å². The Kier molecular flexibility index (Phi) is 3.87. The van der Waals surface area contributed by atoms with Gasteiger partial charge in [0.15, 0.2) is 0 Å². The molecule has 0 spiro atoms. The van der Waals surface area contributed by atoms with Gasteiger partial charge in [-0.1, -0.05) is 6.92 Å². The van der Waals surface area contributed by atoms with E-state index in [2.05, 4.69) is 5.32 Å². The number of nitrogens with one attached hydrogen (secondary N) is 1. The van der Waals surface area contributed by atoms with Crippen molar-refractivity contribution in [2.75, 3.05) is 13.1 Å². The lowest BCUT2D eigenvalue weighted by Gasteiger charge is -2.33. The quantitative estimate of drug-likeness (QED) is 0.615. The molecule has 102 valence electrons. The molecule has 2 unspecified atom stereocenters. The highest BCUT2D eigenvalue weighted by Crippen LogP contribution is 2.23. The van der Waals surface area contributed by atoms with Crippen LogP contribution in [0.25, 0.3) is 0 Å². The first-order chi connectivity index (χ1) is 8.50. The maximum atomic E-state index is 12.4. The highest BCUT2D eigenvalue weighted by Gasteiger charge is 2.42. The second-order valence-electron chi connectivity index (χ2n) is 5.29. The summed E-state index contributed by atoms with van der Waals surface area (Å²) >= 11 is 0. The molecule has 0 aromatic heterocycles. The van der Waals surface area contributed by atoms with Gasteiger partial charge in [0.2, 0.25) is 5.91 Å². The first kappa shape index (κ1) is 13.3. The molecule has 6 heteroatoms. The van der Waals surface area contributed by atoms with E-state index in [4.69, 9.17) is 5.11 Å². The Morgan fingerprint density at radius 1 is 1.39 bits per heavy atom. The van der Waals surface area contributed by atoms with Gasteiger partial charge in [-0.3, -0.25) is 4.79 Å². The maximum Gasteiger partial charge on any atom is 0.326 e. The molecule has 0 aromatic rings. The van der Waals surface area contributed by atoms with Gasteiger partial charge in [0.05, 0.1) is 12.1 Å². The van der Waals surface area contributed by atoms with E-state index in [-0.39, 0.29) is 30.8 Å². The summed E-state index contributed by atoms with van der Waals surface area (Å²) in [5, 5.41) is 21.8. The summed E-state index contributed by atoms with van der Waals surface area (Å²) in [6.07, 6.45) is 1.41. The van der Waals surface area contributed by atoms with Crippen LogP contribution >= 0.6 is 0 Å². The van der Waals surface area contributed by atoms with Gasteiger partial charge in [0, 0.05) is 13.0 Å². The lowest BCUT2D eigenvalue weighted by atomic mass is 9.91. The molecule has 1 amide bonds. The molecule has 4 atom stereocenters. The molecule has 0 bridgehead atoms. The number of carbonyl (C=O) groups is 2. The average Bonchev–Trinajstić information content (AvgIpc) is 2.71. The van der Waals surface area contributed by atoms with E-state index in [1.54, 1.807) is 0 Å². The number of hydrogen-bond acceptors (Lipinski definition) is 4. The minimum atomic E-state index is -1.04. The molecule has 3 N–H and O–H groups in total. The summed E-state index contributed by atoms with van der Waals surface area (Å²) in [6.45, 7) is 2.91. The summed E-state index contributed by atoms with van der Waals surface area (Å²) in [7, 11) is 0. The van der Waals surface area contributed by atoms with Crippen LogP contribution in [0.3, 0.4) is 0 Å². The summed E-state index contributed by atoms with van der Waals surface area (Å²) in [5.41, 5.74) is 0. The zero-order valence-corrected chi connectivity index (χ0v) is 10.5. The van der Waals surface area contributed by atoms with E-state index in [1.807, 2.05) is 6.92 Å². The van der Waals surface area contributed by atoms with Crippen LogP contribution in [0.4, 0.5) is 0 Å². The topological polar surface area (TPSA) is 89.9 Å². The zero-order valence-electron chi connectivity index (χ0n) is 10.5. The lowest BCUT2D eigenvalue weighted by Crippen LogP contribution is -2.54. The number of aliphatic hydroxyl groups excluding tert-OH is 1. The number of aliphatic hydroxyl groups is 1. The van der Waals surface area contributed by atoms with Gasteiger partial charge in [0.25, 0.3) is 0 Å². The van der Waals surface area contributed by atoms with E-state index in [9.17, 15) is 14.7 Å². The Morgan fingerprint density at radius 3 is 2.72 bits per heavy atom. The minimum Gasteiger partial charge on any atom is -0.480 e. The van der Waals surface area contributed by atoms with Crippen molar-refractivity contribution in [3.63, 3.8) is 0 Å². The number of likely N-dealkylation sites (tertiary alicyclic amines) is 1. The number of rotatable bonds is 2. The fourth-order valence-electron chi connectivity index (χ4n) is 2.85. The van der Waals surface area contributed by atoms with E-state index >= 15 is 0 Å². The lowest BCUT2D eigenvalue weighted by molar-refractivity contribution is -0.149. The van der Waals surface area contributed by atoms with Crippen LogP contribution < -0.4 is 5.32 Å². The first-order valence-corrected chi connectivity index (χ1v) is 6.45. The van der Waals surface area contributed by atoms with Crippen molar-refractivity contribution in [1.29, 1.82) is 0 Å². The van der Waals surface area contributed by atoms with Crippen molar-refractivity contribution in [1.82, 2.24) is 10.2 Å². The molecule has 2 saturated heterocycles. The second-order valence-corrected chi connectivity index (χ2v) is 5.29. The number of carboxylic acids is 1. The smallest absolute Gasteiger partial charge is 0.326 e. The molecular formula is C12H20N2O4. The van der Waals surface area contributed by atoms with E-state index in [0.717, 1.165) is 19.4 Å². The summed E-state index contributed by atoms with van der Waals surface area (Å²) in [6, 6.07) is -1.20. The number of aliphatic carboxylic acids is 1. The minimum absolute atomic E-state index is 0.126. The molecular weight excluding hydrogens is 236 g/mol. The van der Waals surface area contributed by atoms with Crippen LogP contribution in [0.2, 0.25) is 0 Å². The number of β-amino-alcohol motifs (C(OH)–C–C–N with tert-alkyl or cyclic N) is 1. The fourth-order valence-corrected chi connectivity index (χ4v) is 2.85. The number of amides is 1. The summed E-state index contributed by atoms with van der Waals surface area (Å²) < 4.78 is 0. The van der Waals surface area contributed by atoms with Gasteiger partial charge in [-0.25, -0.2) is 4.79 Å². The third-order valence-corrected chi connectivity index (χ3v) is 3.88. The number of piperidine rings is 1. The van der Waals surface area contributed by atoms with Crippen molar-refractivity contribution in [3.8, 4) is 0 Å². The molecule has 2 rings (SSSR count). The summed E-state index contributed by atoms with van der Waals surface area (Å²) in [4.78, 5) is 24.8. The fraction of sp³-hybridized carbons (Fsp3) is 0.833. The van der Waals surface area contributed by atoms with Crippen LogP contribution in [0.1, 0.15) is 26.2 Å². The first-order valence-electron chi connectivity index (χ1n) is 6.45. The number of nitrogens with zero attached hydrogens (tertiary/aromatic N) is 1. The molecule has 2 aliphatic heterocycles. The van der Waals surface area contributed by atoms with E-state index in [0.29, 0.717) is 0 Å². The summed E-state index contributed by atoms with van der Waals surface area (Å²) in [5.74, 6) is -1.02. The molecule has 0 radical (unpaired) electrons. The van der Waals surface area contributed by atoms with Crippen molar-refractivity contribution >= 4 is 11.9 Å². The molecule has 18 heavy (non-hydrogen) atoms. The third-order valence-electron chi connectivity index (χ3n) is 3.88. The monoisotopic (exact) mass is 256 g/mol. The Balaban J connectivity index is 2.09. The van der Waals surface area contributed by atoms with Gasteiger partial charge < -0.3 is 20.4 Å². The number of hydrogen-bond donors (Lipinski definition) is 3. The van der Waals surface area contributed by atoms with Gasteiger partial charge in [-0.05, 0) is 25.3 Å². The number of carbonyl (C=O) groups excluding carboxylic acids is 1. The van der Waals surface area contributed by atoms with E-state index in [1.165, 1.54) is 4.90 Å². The standard InChI is InChI=1S/C12H20N2O4/c1-7-3-2-4-13-10(7)11(16)14-6-8(15)5-9(14)12(17)18/h7-10,13,15H,2-6H2,1H3,(H,17,18)/t7?,8-,9+,10?/m1/s1. The normalized spacial score (nSPS) is 36.7. The van der Waals surface area contributed by atoms with Crippen LogP contribution in [-0.2, 0) is 9.59 Å². The van der Waals surface area contributed by atoms with Crippen LogP contribution in [0.5, 0.6) is 0 Å². The molecule has 2 aliphatic rings. The van der Waals surface area contributed by atoms with Crippen molar-refractivity contribution in [2.24, 2.45) is 5.92 Å². The molecule has 0 saturated carbocycles. The SMILES string of the molecule is CC1CCCNC1C(=O)N1C[C@H](O)C[C@H]1C(=O)O. The largest absolute Gasteiger partial charge is 0.480 e. The van der Waals surface area contributed by atoms with Gasteiger partial charge in [-0.2, -0.15) is 0 Å². The van der Waals surface area contributed by atoms with Gasteiger partial charge in [-0.15, -0.1) is 0 Å². The highest BCUT2D eigenvalue weighted by atomic mass is 16.4. The molecule has 2 heterocycles. The van der Waals surface area contributed by atoms with Crippen molar-refractivity contribution in [3.05, 3.63) is 0 Å². The third kappa shape index (κ3) is 2.49. The number of carboxylic acid groups (broad SMARTS) is 1. The Bertz CT molecular complexity index is 347. The van der Waals surface area contributed by atoms with Crippen molar-refractivity contribution < 1.29 is 19.8 Å². The molecule has 0 aromatic carbocycles. The molecule has 6 nitrogen and oxygen atoms in total. The van der Waals surface area contributed by atoms with Gasteiger partial charge in [0.1, 0.15) is 6.04 Å². The zero-order chi connectivity index (χ0) is 13.3.